The molecule has 0 bridgehead atoms. The minimum absolute atomic E-state index is 1.01. The lowest BCUT2D eigenvalue weighted by Gasteiger charge is -2.03. The monoisotopic (exact) mass is 325 g/mol. The van der Waals surface area contributed by atoms with Gasteiger partial charge in [0, 0.05) is 21.9 Å². The van der Waals surface area contributed by atoms with E-state index in [1.54, 1.807) is 0 Å². The van der Waals surface area contributed by atoms with Crippen molar-refractivity contribution in [2.24, 2.45) is 0 Å². The van der Waals surface area contributed by atoms with E-state index in [-0.39, 0.29) is 0 Å². The molecule has 0 saturated heterocycles. The summed E-state index contributed by atoms with van der Waals surface area (Å²) in [6.45, 7) is 2.16. The lowest BCUT2D eigenvalue weighted by molar-refractivity contribution is 0.602. The van der Waals surface area contributed by atoms with E-state index < -0.39 is 0 Å². The highest BCUT2D eigenvalue weighted by Crippen LogP contribution is 2.29. The van der Waals surface area contributed by atoms with Crippen LogP contribution in [0.15, 0.2) is 29.0 Å². The van der Waals surface area contributed by atoms with Crippen molar-refractivity contribution in [1.82, 2.24) is 5.32 Å². The van der Waals surface area contributed by atoms with Crippen LogP contribution in [0.4, 0.5) is 0 Å². The molecule has 2 aromatic heterocycles. The van der Waals surface area contributed by atoms with Crippen molar-refractivity contribution >= 4 is 34.4 Å². The molecule has 0 aliphatic carbocycles. The Morgan fingerprint density at radius 2 is 2.05 bits per heavy atom. The van der Waals surface area contributed by atoms with Crippen LogP contribution < -0.4 is 5.32 Å². The third-order valence-corrected chi connectivity index (χ3v) is 5.76. The molecule has 1 N–H and O–H groups in total. The van der Waals surface area contributed by atoms with E-state index in [1.165, 1.54) is 46.8 Å². The highest BCUT2D eigenvalue weighted by molar-refractivity contribution is 7.98. The molecule has 0 radical (unpaired) electrons. The Morgan fingerprint density at radius 1 is 1.15 bits per heavy atom. The van der Waals surface area contributed by atoms with E-state index in [1.807, 2.05) is 34.4 Å². The molecule has 0 fully saturated rings. The van der Waals surface area contributed by atoms with Crippen molar-refractivity contribution in [2.45, 2.75) is 32.2 Å². The van der Waals surface area contributed by atoms with Crippen LogP contribution in [0.2, 0.25) is 0 Å². The van der Waals surface area contributed by atoms with Crippen LogP contribution in [0.3, 0.4) is 0 Å². The van der Waals surface area contributed by atoms with E-state index in [0.29, 0.717) is 0 Å². The van der Waals surface area contributed by atoms with Gasteiger partial charge in [-0.05, 0) is 54.3 Å². The van der Waals surface area contributed by atoms with Gasteiger partial charge in [-0.2, -0.15) is 11.8 Å². The van der Waals surface area contributed by atoms with E-state index in [9.17, 15) is 0 Å². The first-order chi connectivity index (χ1) is 9.90. The molecule has 0 spiro atoms. The Balaban J connectivity index is 1.58. The molecule has 0 aromatic carbocycles. The Hall–Kier alpha value is -0.290. The van der Waals surface area contributed by atoms with Crippen molar-refractivity contribution < 1.29 is 0 Å². The van der Waals surface area contributed by atoms with Gasteiger partial charge in [-0.25, -0.2) is 0 Å². The first kappa shape index (κ1) is 16.1. The molecule has 0 aliphatic rings. The van der Waals surface area contributed by atoms with Crippen LogP contribution in [0.25, 0.3) is 10.4 Å². The first-order valence-electron chi connectivity index (χ1n) is 7.21. The van der Waals surface area contributed by atoms with Crippen LogP contribution in [0.5, 0.6) is 0 Å². The molecule has 0 saturated carbocycles. The van der Waals surface area contributed by atoms with Crippen molar-refractivity contribution in [2.75, 3.05) is 18.6 Å². The molecule has 20 heavy (non-hydrogen) atoms. The van der Waals surface area contributed by atoms with Crippen molar-refractivity contribution in [3.63, 3.8) is 0 Å². The zero-order valence-corrected chi connectivity index (χ0v) is 14.5. The van der Waals surface area contributed by atoms with Crippen molar-refractivity contribution in [3.05, 3.63) is 33.8 Å². The fourth-order valence-electron chi connectivity index (χ4n) is 2.11. The van der Waals surface area contributed by atoms with E-state index >= 15 is 0 Å². The van der Waals surface area contributed by atoms with Gasteiger partial charge in [-0.1, -0.05) is 18.9 Å². The minimum Gasteiger partial charge on any atom is -0.312 e. The molecule has 1 nitrogen and oxygen atoms in total. The number of hydrogen-bond donors (Lipinski definition) is 1. The van der Waals surface area contributed by atoms with Gasteiger partial charge < -0.3 is 5.32 Å². The van der Waals surface area contributed by atoms with Crippen LogP contribution >= 0.6 is 34.4 Å². The van der Waals surface area contributed by atoms with E-state index in [2.05, 4.69) is 40.5 Å². The molecule has 0 unspecified atom stereocenters. The molecule has 0 aliphatic heterocycles. The van der Waals surface area contributed by atoms with Crippen molar-refractivity contribution in [1.29, 1.82) is 0 Å². The molecule has 2 heterocycles. The maximum Gasteiger partial charge on any atom is 0.0351 e. The third kappa shape index (κ3) is 5.60. The largest absolute Gasteiger partial charge is 0.312 e. The van der Waals surface area contributed by atoms with Gasteiger partial charge in [-0.3, -0.25) is 0 Å². The summed E-state index contributed by atoms with van der Waals surface area (Å²) in [5, 5.41) is 7.97. The van der Waals surface area contributed by atoms with Crippen LogP contribution in [-0.4, -0.2) is 18.6 Å². The average Bonchev–Trinajstić information content (AvgIpc) is 3.12. The minimum atomic E-state index is 1.01. The van der Waals surface area contributed by atoms with E-state index in [0.717, 1.165) is 13.1 Å². The Kier molecular flexibility index (Phi) is 7.73. The van der Waals surface area contributed by atoms with Crippen LogP contribution in [-0.2, 0) is 6.54 Å². The summed E-state index contributed by atoms with van der Waals surface area (Å²) in [5.74, 6) is 1.31. The van der Waals surface area contributed by atoms with Gasteiger partial charge in [-0.15, -0.1) is 22.7 Å². The second-order valence-corrected chi connectivity index (χ2v) is 7.79. The van der Waals surface area contributed by atoms with Crippen LogP contribution in [0, 0.1) is 0 Å². The summed E-state index contributed by atoms with van der Waals surface area (Å²) in [6, 6.07) is 6.63. The predicted molar refractivity (Wildman–Crippen MR) is 96.2 cm³/mol. The quantitative estimate of drug-likeness (QED) is 0.580. The third-order valence-electron chi connectivity index (χ3n) is 3.21. The summed E-state index contributed by atoms with van der Waals surface area (Å²) in [6.07, 6.45) is 7.60. The molecular formula is C16H23NS3. The Labute approximate surface area is 134 Å². The lowest BCUT2D eigenvalue weighted by atomic mass is 10.2. The van der Waals surface area contributed by atoms with Gasteiger partial charge in [0.25, 0.3) is 0 Å². The summed E-state index contributed by atoms with van der Waals surface area (Å²) in [7, 11) is 0. The highest BCUT2D eigenvalue weighted by atomic mass is 32.2. The predicted octanol–water partition coefficient (Wildman–Crippen LogP) is 5.49. The molecule has 0 amide bonds. The fourth-order valence-corrected chi connectivity index (χ4v) is 4.24. The zero-order chi connectivity index (χ0) is 14.0. The number of thioether (sulfide) groups is 1. The molecule has 110 valence electrons. The molecule has 0 atom stereocenters. The highest BCUT2D eigenvalue weighted by Gasteiger charge is 2.02. The Morgan fingerprint density at radius 3 is 2.85 bits per heavy atom. The number of nitrogens with one attached hydrogen (secondary N) is 1. The van der Waals surface area contributed by atoms with E-state index in [4.69, 9.17) is 0 Å². The number of rotatable bonds is 10. The Bertz CT molecular complexity index is 462. The number of hydrogen-bond acceptors (Lipinski definition) is 4. The lowest BCUT2D eigenvalue weighted by Crippen LogP contribution is -2.13. The maximum absolute atomic E-state index is 3.56. The average molecular weight is 326 g/mol. The van der Waals surface area contributed by atoms with Gasteiger partial charge in [0.05, 0.1) is 0 Å². The smallest absolute Gasteiger partial charge is 0.0351 e. The second-order valence-electron chi connectivity index (χ2n) is 4.86. The van der Waals surface area contributed by atoms with Gasteiger partial charge in [0.2, 0.25) is 0 Å². The standard InChI is InChI=1S/C16H23NS3/c1-18-9-5-3-2-4-8-17-12-15-11-14(13-20-15)16-7-6-10-19-16/h6-7,10-11,13,17H,2-5,8-9,12H2,1H3. The SMILES string of the molecule is CSCCCCCCNCc1cc(-c2cccs2)cs1. The topological polar surface area (TPSA) is 12.0 Å². The molecule has 4 heteroatoms. The number of unbranched alkanes of at least 4 members (excludes halogenated alkanes) is 3. The summed E-state index contributed by atoms with van der Waals surface area (Å²) < 4.78 is 0. The van der Waals surface area contributed by atoms with Gasteiger partial charge in [0.15, 0.2) is 0 Å². The first-order valence-corrected chi connectivity index (χ1v) is 10.4. The summed E-state index contributed by atoms with van der Waals surface area (Å²) >= 11 is 5.63. The second kappa shape index (κ2) is 9.61. The fraction of sp³-hybridized carbons (Fsp3) is 0.500. The molecule has 2 rings (SSSR count). The van der Waals surface area contributed by atoms with Gasteiger partial charge >= 0.3 is 0 Å². The van der Waals surface area contributed by atoms with Crippen molar-refractivity contribution in [3.8, 4) is 10.4 Å². The number of thiophene rings is 2. The normalized spacial score (nSPS) is 11.1. The summed E-state index contributed by atoms with van der Waals surface area (Å²) in [5.41, 5.74) is 1.37. The maximum atomic E-state index is 3.56. The molecule has 2 aromatic rings. The summed E-state index contributed by atoms with van der Waals surface area (Å²) in [4.78, 5) is 2.82. The van der Waals surface area contributed by atoms with Gasteiger partial charge in [0.1, 0.15) is 0 Å². The zero-order valence-electron chi connectivity index (χ0n) is 12.1. The van der Waals surface area contributed by atoms with Crippen LogP contribution in [0.1, 0.15) is 30.6 Å². The molecular weight excluding hydrogens is 302 g/mol.